The molecule has 1 aromatic carbocycles. The second kappa shape index (κ2) is 5.90. The highest BCUT2D eigenvalue weighted by atomic mass is 16.2. The molecule has 3 rings (SSSR count). The van der Waals surface area contributed by atoms with Gasteiger partial charge >= 0.3 is 0 Å². The number of carbonyl (C=O) groups is 2. The Labute approximate surface area is 143 Å². The smallest absolute Gasteiger partial charge is 0.236 e. The number of benzene rings is 1. The molecule has 4 heteroatoms. The Kier molecular flexibility index (Phi) is 4.04. The van der Waals surface area contributed by atoms with Crippen molar-refractivity contribution in [2.45, 2.75) is 38.6 Å². The van der Waals surface area contributed by atoms with E-state index in [4.69, 9.17) is 6.57 Å². The van der Waals surface area contributed by atoms with Gasteiger partial charge in [0.2, 0.25) is 11.6 Å². The minimum Gasteiger partial charge on any atom is -0.339 e. The maximum absolute atomic E-state index is 13.5. The van der Waals surface area contributed by atoms with Crippen molar-refractivity contribution in [3.63, 3.8) is 0 Å². The van der Waals surface area contributed by atoms with Crippen molar-refractivity contribution in [1.29, 1.82) is 0 Å². The van der Waals surface area contributed by atoms with Gasteiger partial charge in [0.1, 0.15) is 0 Å². The molecule has 0 spiro atoms. The number of carbonyl (C=O) groups excluding carboxylic acids is 2. The van der Waals surface area contributed by atoms with Gasteiger partial charge in [0.15, 0.2) is 5.78 Å². The topological polar surface area (TPSA) is 41.7 Å². The van der Waals surface area contributed by atoms with Crippen LogP contribution in [-0.2, 0) is 15.0 Å². The van der Waals surface area contributed by atoms with Crippen molar-refractivity contribution in [3.05, 3.63) is 59.1 Å². The van der Waals surface area contributed by atoms with Gasteiger partial charge in [0.25, 0.3) is 0 Å². The summed E-state index contributed by atoms with van der Waals surface area (Å²) >= 11 is 0. The summed E-state index contributed by atoms with van der Waals surface area (Å²) in [7, 11) is 0. The first kappa shape index (κ1) is 16.4. The minimum atomic E-state index is -0.906. The van der Waals surface area contributed by atoms with Gasteiger partial charge in [-0.15, -0.1) is 0 Å². The summed E-state index contributed by atoms with van der Waals surface area (Å²) in [6.07, 6.45) is 2.42. The van der Waals surface area contributed by atoms with Crippen LogP contribution in [0.4, 0.5) is 0 Å². The highest BCUT2D eigenvalue weighted by Crippen LogP contribution is 2.49. The zero-order valence-electron chi connectivity index (χ0n) is 14.3. The molecule has 1 saturated heterocycles. The normalized spacial score (nSPS) is 30.0. The lowest BCUT2D eigenvalue weighted by Gasteiger charge is -2.51. The van der Waals surface area contributed by atoms with E-state index >= 15 is 0 Å². The van der Waals surface area contributed by atoms with Crippen molar-refractivity contribution in [3.8, 4) is 0 Å². The van der Waals surface area contributed by atoms with Gasteiger partial charge in [-0.1, -0.05) is 43.3 Å². The number of allylic oxidation sites excluding steroid dienone is 1. The molecular formula is C20H22N2O2. The SMILES string of the molecule is [C-]#[N+]C1=C[C@@]2(c3ccccc3)C(=O)N(C(C)C)CC[C@@H]2[C@@H](C)C1=O. The van der Waals surface area contributed by atoms with Crippen LogP contribution >= 0.6 is 0 Å². The Morgan fingerprint density at radius 2 is 1.92 bits per heavy atom. The number of fused-ring (bicyclic) bond motifs is 1. The average Bonchev–Trinajstić information content (AvgIpc) is 2.59. The third-order valence-corrected chi connectivity index (χ3v) is 5.51. The monoisotopic (exact) mass is 322 g/mol. The standard InChI is InChI=1S/C20H22N2O2/c1-13(2)22-11-10-16-14(3)18(23)17(21-4)12-20(16,19(22)24)15-8-6-5-7-9-15/h5-9,12-14,16H,10-11H2,1-3H3/t14-,16-,20+/m1/s1. The number of ketones is 1. The summed E-state index contributed by atoms with van der Waals surface area (Å²) in [6, 6.07) is 9.71. The largest absolute Gasteiger partial charge is 0.339 e. The number of likely N-dealkylation sites (tertiary alicyclic amines) is 1. The summed E-state index contributed by atoms with van der Waals surface area (Å²) in [5.74, 6) is -0.536. The van der Waals surface area contributed by atoms with E-state index in [1.807, 2.05) is 56.0 Å². The zero-order valence-corrected chi connectivity index (χ0v) is 14.3. The lowest BCUT2D eigenvalue weighted by atomic mass is 9.57. The summed E-state index contributed by atoms with van der Waals surface area (Å²) < 4.78 is 0. The number of piperidine rings is 1. The number of nitrogens with zero attached hydrogens (tertiary/aromatic N) is 2. The van der Waals surface area contributed by atoms with E-state index in [-0.39, 0.29) is 35.3 Å². The maximum Gasteiger partial charge on any atom is 0.236 e. The molecule has 0 bridgehead atoms. The van der Waals surface area contributed by atoms with Crippen molar-refractivity contribution in [2.75, 3.05) is 6.54 Å². The number of rotatable bonds is 2. The van der Waals surface area contributed by atoms with Crippen LogP contribution in [0.25, 0.3) is 4.85 Å². The molecule has 0 aromatic heterocycles. The lowest BCUT2D eigenvalue weighted by Crippen LogP contribution is -2.60. The zero-order chi connectivity index (χ0) is 17.5. The van der Waals surface area contributed by atoms with Gasteiger partial charge < -0.3 is 9.69 Å². The quantitative estimate of drug-likeness (QED) is 0.785. The Morgan fingerprint density at radius 3 is 2.50 bits per heavy atom. The fourth-order valence-corrected chi connectivity index (χ4v) is 4.23. The molecule has 4 nitrogen and oxygen atoms in total. The third-order valence-electron chi connectivity index (χ3n) is 5.51. The minimum absolute atomic E-state index is 0.0143. The van der Waals surface area contributed by atoms with E-state index in [9.17, 15) is 9.59 Å². The van der Waals surface area contributed by atoms with Gasteiger partial charge in [-0.05, 0) is 31.7 Å². The molecule has 2 aliphatic rings. The summed E-state index contributed by atoms with van der Waals surface area (Å²) in [4.78, 5) is 31.3. The van der Waals surface area contributed by atoms with E-state index in [2.05, 4.69) is 4.85 Å². The predicted molar refractivity (Wildman–Crippen MR) is 91.9 cm³/mol. The first-order valence-corrected chi connectivity index (χ1v) is 8.44. The third kappa shape index (κ3) is 2.19. The molecule has 1 amide bonds. The van der Waals surface area contributed by atoms with Crippen molar-refractivity contribution < 1.29 is 9.59 Å². The second-order valence-electron chi connectivity index (χ2n) is 7.02. The maximum atomic E-state index is 13.5. The van der Waals surface area contributed by atoms with Gasteiger partial charge in [0, 0.05) is 18.5 Å². The first-order valence-electron chi connectivity index (χ1n) is 8.44. The van der Waals surface area contributed by atoms with Gasteiger partial charge in [-0.25, -0.2) is 4.85 Å². The number of hydrogen-bond donors (Lipinski definition) is 0. The molecule has 1 heterocycles. The molecule has 0 radical (unpaired) electrons. The molecule has 1 aliphatic carbocycles. The van der Waals surface area contributed by atoms with E-state index in [0.717, 1.165) is 12.0 Å². The van der Waals surface area contributed by atoms with Crippen LogP contribution in [0.2, 0.25) is 0 Å². The Morgan fingerprint density at radius 1 is 1.25 bits per heavy atom. The van der Waals surface area contributed by atoms with Crippen molar-refractivity contribution >= 4 is 11.7 Å². The average molecular weight is 322 g/mol. The van der Waals surface area contributed by atoms with Gasteiger partial charge in [-0.3, -0.25) is 4.79 Å². The van der Waals surface area contributed by atoms with Crippen LogP contribution in [0.3, 0.4) is 0 Å². The van der Waals surface area contributed by atoms with E-state index in [1.165, 1.54) is 0 Å². The lowest BCUT2D eigenvalue weighted by molar-refractivity contribution is -0.146. The predicted octanol–water partition coefficient (Wildman–Crippen LogP) is 3.20. The molecule has 0 saturated carbocycles. The summed E-state index contributed by atoms with van der Waals surface area (Å²) in [5, 5.41) is 0. The number of Topliss-reactive ketones (excluding diaryl/α,β-unsaturated/α-hetero) is 1. The van der Waals surface area contributed by atoms with Crippen LogP contribution in [0.1, 0.15) is 32.8 Å². The van der Waals surface area contributed by atoms with Gasteiger partial charge in [-0.2, -0.15) is 0 Å². The second-order valence-corrected chi connectivity index (χ2v) is 7.02. The van der Waals surface area contributed by atoms with Crippen molar-refractivity contribution in [2.24, 2.45) is 11.8 Å². The number of hydrogen-bond acceptors (Lipinski definition) is 2. The summed E-state index contributed by atoms with van der Waals surface area (Å²) in [6.45, 7) is 13.9. The molecule has 3 atom stereocenters. The molecule has 0 N–H and O–H groups in total. The molecular weight excluding hydrogens is 300 g/mol. The van der Waals surface area contributed by atoms with E-state index < -0.39 is 5.41 Å². The van der Waals surface area contributed by atoms with E-state index in [1.54, 1.807) is 6.08 Å². The summed E-state index contributed by atoms with van der Waals surface area (Å²) in [5.41, 5.74) is 0.0733. The highest BCUT2D eigenvalue weighted by molar-refractivity contribution is 6.04. The fraction of sp³-hybridized carbons (Fsp3) is 0.450. The molecule has 0 unspecified atom stereocenters. The van der Waals surface area contributed by atoms with Crippen LogP contribution in [0, 0.1) is 18.4 Å². The van der Waals surface area contributed by atoms with Crippen LogP contribution in [-0.4, -0.2) is 29.2 Å². The Balaban J connectivity index is 2.28. The van der Waals surface area contributed by atoms with E-state index in [0.29, 0.717) is 6.54 Å². The molecule has 1 aromatic rings. The highest BCUT2D eigenvalue weighted by Gasteiger charge is 2.56. The van der Waals surface area contributed by atoms with Crippen molar-refractivity contribution in [1.82, 2.24) is 4.90 Å². The fourth-order valence-electron chi connectivity index (χ4n) is 4.23. The molecule has 124 valence electrons. The Hall–Kier alpha value is -2.41. The molecule has 24 heavy (non-hydrogen) atoms. The first-order chi connectivity index (χ1) is 11.4. The molecule has 1 aliphatic heterocycles. The van der Waals surface area contributed by atoms with Gasteiger partial charge in [0.05, 0.1) is 12.0 Å². The van der Waals surface area contributed by atoms with Crippen LogP contribution in [0.5, 0.6) is 0 Å². The van der Waals surface area contributed by atoms with Crippen LogP contribution in [0.15, 0.2) is 42.1 Å². The number of amides is 1. The molecule has 1 fully saturated rings. The Bertz CT molecular complexity index is 745. The van der Waals surface area contributed by atoms with Crippen LogP contribution < -0.4 is 0 Å².